The highest BCUT2D eigenvalue weighted by molar-refractivity contribution is 5.82. The summed E-state index contributed by atoms with van der Waals surface area (Å²) in [6.07, 6.45) is 6.98. The van der Waals surface area contributed by atoms with Gasteiger partial charge in [-0.25, -0.2) is 0 Å². The van der Waals surface area contributed by atoms with Gasteiger partial charge in [-0.05, 0) is 53.7 Å². The van der Waals surface area contributed by atoms with Crippen molar-refractivity contribution in [1.82, 2.24) is 9.88 Å². The van der Waals surface area contributed by atoms with E-state index < -0.39 is 0 Å². The Bertz CT molecular complexity index is 871. The van der Waals surface area contributed by atoms with Crippen molar-refractivity contribution in [2.75, 3.05) is 26.2 Å². The molecule has 3 aromatic rings. The first kappa shape index (κ1) is 20.5. The van der Waals surface area contributed by atoms with Gasteiger partial charge in [0, 0.05) is 38.6 Å². The summed E-state index contributed by atoms with van der Waals surface area (Å²) in [6.45, 7) is 4.84. The molecule has 30 heavy (non-hydrogen) atoms. The highest BCUT2D eigenvalue weighted by atomic mass is 16.5. The van der Waals surface area contributed by atoms with E-state index in [1.807, 2.05) is 24.5 Å². The van der Waals surface area contributed by atoms with Crippen LogP contribution in [0.1, 0.15) is 36.0 Å². The molecule has 0 atom stereocenters. The van der Waals surface area contributed by atoms with Crippen molar-refractivity contribution in [3.8, 4) is 0 Å². The molecule has 2 aromatic carbocycles. The zero-order valence-corrected chi connectivity index (χ0v) is 17.5. The average Bonchev–Trinajstić information content (AvgIpc) is 2.82. The van der Waals surface area contributed by atoms with Gasteiger partial charge in [0.15, 0.2) is 0 Å². The van der Waals surface area contributed by atoms with Crippen LogP contribution in [0.25, 0.3) is 5.57 Å². The minimum atomic E-state index is 0.674. The number of rotatable bonds is 8. The predicted molar refractivity (Wildman–Crippen MR) is 123 cm³/mol. The molecule has 4 rings (SSSR count). The Labute approximate surface area is 180 Å². The largest absolute Gasteiger partial charge is 0.377 e. The molecule has 2 heterocycles. The van der Waals surface area contributed by atoms with Crippen molar-refractivity contribution in [2.45, 2.75) is 25.9 Å². The molecule has 0 spiro atoms. The van der Waals surface area contributed by atoms with Gasteiger partial charge in [-0.3, -0.25) is 4.98 Å². The lowest BCUT2D eigenvalue weighted by atomic mass is 9.88. The van der Waals surface area contributed by atoms with Gasteiger partial charge < -0.3 is 9.64 Å². The Morgan fingerprint density at radius 3 is 2.00 bits per heavy atom. The third kappa shape index (κ3) is 5.65. The summed E-state index contributed by atoms with van der Waals surface area (Å²) in [7, 11) is 0. The highest BCUT2D eigenvalue weighted by Crippen LogP contribution is 2.32. The van der Waals surface area contributed by atoms with Gasteiger partial charge in [0.25, 0.3) is 0 Å². The topological polar surface area (TPSA) is 25.4 Å². The van der Waals surface area contributed by atoms with Crippen LogP contribution in [0.3, 0.4) is 0 Å². The number of benzene rings is 2. The van der Waals surface area contributed by atoms with Crippen LogP contribution in [0.15, 0.2) is 90.8 Å². The maximum absolute atomic E-state index is 5.82. The summed E-state index contributed by atoms with van der Waals surface area (Å²) >= 11 is 0. The van der Waals surface area contributed by atoms with Crippen molar-refractivity contribution in [1.29, 1.82) is 0 Å². The third-order valence-electron chi connectivity index (χ3n) is 5.72. The Kier molecular flexibility index (Phi) is 7.43. The number of ether oxygens (including phenoxy) is 1. The van der Waals surface area contributed by atoms with Gasteiger partial charge in [0.1, 0.15) is 0 Å². The van der Waals surface area contributed by atoms with Gasteiger partial charge in [-0.1, -0.05) is 66.2 Å². The lowest BCUT2D eigenvalue weighted by molar-refractivity contribution is 0.107. The van der Waals surface area contributed by atoms with Crippen LogP contribution in [0.5, 0.6) is 0 Å². The molecule has 1 aliphatic rings. The van der Waals surface area contributed by atoms with E-state index in [2.05, 4.69) is 70.5 Å². The zero-order chi connectivity index (χ0) is 20.4. The molecule has 1 fully saturated rings. The number of nitrogens with zero attached hydrogens (tertiary/aromatic N) is 2. The summed E-state index contributed by atoms with van der Waals surface area (Å²) in [5.41, 5.74) is 6.86. The Hall–Kier alpha value is -2.75. The second kappa shape index (κ2) is 10.9. The summed E-state index contributed by atoms with van der Waals surface area (Å²) in [4.78, 5) is 6.62. The molecular weight excluding hydrogens is 368 g/mol. The fourth-order valence-corrected chi connectivity index (χ4v) is 4.14. The van der Waals surface area contributed by atoms with E-state index in [0.29, 0.717) is 6.61 Å². The minimum absolute atomic E-state index is 0.674. The highest BCUT2D eigenvalue weighted by Gasteiger charge is 2.18. The van der Waals surface area contributed by atoms with Crippen molar-refractivity contribution < 1.29 is 4.74 Å². The van der Waals surface area contributed by atoms with Crippen LogP contribution in [0, 0.1) is 0 Å². The Morgan fingerprint density at radius 2 is 1.40 bits per heavy atom. The second-order valence-corrected chi connectivity index (χ2v) is 7.81. The fraction of sp³-hybridized carbons (Fsp3) is 0.296. The first-order chi connectivity index (χ1) is 14.9. The fourth-order valence-electron chi connectivity index (χ4n) is 4.14. The van der Waals surface area contributed by atoms with Crippen molar-refractivity contribution >= 4 is 5.57 Å². The Morgan fingerprint density at radius 1 is 0.800 bits per heavy atom. The van der Waals surface area contributed by atoms with Gasteiger partial charge in [-0.2, -0.15) is 0 Å². The van der Waals surface area contributed by atoms with E-state index in [0.717, 1.165) is 45.5 Å². The predicted octanol–water partition coefficient (Wildman–Crippen LogP) is 5.59. The number of hydrogen-bond acceptors (Lipinski definition) is 3. The molecule has 1 aliphatic heterocycles. The van der Waals surface area contributed by atoms with Gasteiger partial charge in [0.05, 0.1) is 6.61 Å². The third-order valence-corrected chi connectivity index (χ3v) is 5.72. The number of piperidine rings is 1. The Balaban J connectivity index is 1.31. The van der Waals surface area contributed by atoms with Crippen LogP contribution in [0.2, 0.25) is 0 Å². The van der Waals surface area contributed by atoms with Crippen LogP contribution < -0.4 is 0 Å². The number of aromatic nitrogens is 1. The number of hydrogen-bond donors (Lipinski definition) is 0. The minimum Gasteiger partial charge on any atom is -0.377 e. The van der Waals surface area contributed by atoms with Crippen LogP contribution >= 0.6 is 0 Å². The van der Waals surface area contributed by atoms with Crippen molar-refractivity contribution in [3.05, 3.63) is 107 Å². The first-order valence-electron chi connectivity index (χ1n) is 10.9. The molecule has 3 heteroatoms. The van der Waals surface area contributed by atoms with Crippen LogP contribution in [-0.2, 0) is 11.3 Å². The van der Waals surface area contributed by atoms with E-state index in [4.69, 9.17) is 4.74 Å². The van der Waals surface area contributed by atoms with Gasteiger partial charge in [-0.15, -0.1) is 0 Å². The summed E-state index contributed by atoms with van der Waals surface area (Å²) in [5.74, 6) is 0. The van der Waals surface area contributed by atoms with Crippen LogP contribution in [-0.4, -0.2) is 36.1 Å². The molecule has 0 saturated carbocycles. The summed E-state index contributed by atoms with van der Waals surface area (Å²) < 4.78 is 5.82. The normalized spacial score (nSPS) is 14.6. The van der Waals surface area contributed by atoms with Crippen LogP contribution in [0.4, 0.5) is 0 Å². The molecule has 1 aromatic heterocycles. The second-order valence-electron chi connectivity index (χ2n) is 7.81. The molecular formula is C27H30N2O. The first-order valence-corrected chi connectivity index (χ1v) is 10.9. The molecule has 3 nitrogen and oxygen atoms in total. The molecule has 0 aliphatic carbocycles. The number of pyridine rings is 1. The van der Waals surface area contributed by atoms with Gasteiger partial charge in [0.2, 0.25) is 0 Å². The summed E-state index contributed by atoms with van der Waals surface area (Å²) in [5, 5.41) is 0. The van der Waals surface area contributed by atoms with Crippen molar-refractivity contribution in [3.63, 3.8) is 0 Å². The summed E-state index contributed by atoms with van der Waals surface area (Å²) in [6, 6.07) is 25.7. The lowest BCUT2D eigenvalue weighted by Crippen LogP contribution is -2.32. The van der Waals surface area contributed by atoms with E-state index in [-0.39, 0.29) is 0 Å². The zero-order valence-electron chi connectivity index (χ0n) is 17.5. The maximum Gasteiger partial charge on any atom is 0.0717 e. The van der Waals surface area contributed by atoms with Gasteiger partial charge >= 0.3 is 0 Å². The molecule has 0 bridgehead atoms. The van der Waals surface area contributed by atoms with E-state index >= 15 is 0 Å². The van der Waals surface area contributed by atoms with E-state index in [9.17, 15) is 0 Å². The lowest BCUT2D eigenvalue weighted by Gasteiger charge is -2.30. The van der Waals surface area contributed by atoms with E-state index in [1.165, 1.54) is 22.3 Å². The smallest absolute Gasteiger partial charge is 0.0717 e. The quantitative estimate of drug-likeness (QED) is 0.463. The number of likely N-dealkylation sites (tertiary alicyclic amines) is 1. The molecule has 1 saturated heterocycles. The average molecular weight is 399 g/mol. The molecule has 0 N–H and O–H groups in total. The molecule has 0 amide bonds. The standard InChI is InChI=1S/C27H30N2O/c1-3-8-24(9-4-1)27(25-10-5-2-6-11-25)26-14-19-29(20-15-26)18-7-21-30-22-23-12-16-28-17-13-23/h1-6,8-13,16-17H,7,14-15,18-22H2. The van der Waals surface area contributed by atoms with E-state index in [1.54, 1.807) is 5.57 Å². The van der Waals surface area contributed by atoms with Crippen molar-refractivity contribution in [2.24, 2.45) is 0 Å². The molecule has 0 unspecified atom stereocenters. The maximum atomic E-state index is 5.82. The monoisotopic (exact) mass is 398 g/mol. The molecule has 154 valence electrons. The molecule has 0 radical (unpaired) electrons. The SMILES string of the molecule is c1ccc(C(=C2CCN(CCCOCc3ccncc3)CC2)c2ccccc2)cc1.